The van der Waals surface area contributed by atoms with E-state index in [0.717, 1.165) is 0 Å². The summed E-state index contributed by atoms with van der Waals surface area (Å²) in [5.41, 5.74) is 0. The Balaban J connectivity index is -0.00000208. The monoisotopic (exact) mass is 508 g/mol. The van der Waals surface area contributed by atoms with Gasteiger partial charge in [0.15, 0.2) is 0 Å². The van der Waals surface area contributed by atoms with Crippen LogP contribution in [0.5, 0.6) is 0 Å². The first-order valence-corrected chi connectivity index (χ1v) is 10.4. The molecule has 16 nitrogen and oxygen atoms in total. The summed E-state index contributed by atoms with van der Waals surface area (Å²) >= 11 is 0. The zero-order valence-corrected chi connectivity index (χ0v) is 14.3. The Morgan fingerprint density at radius 1 is 0.643 bits per heavy atom. The van der Waals surface area contributed by atoms with Gasteiger partial charge in [0.1, 0.15) is 30.5 Å². The summed E-state index contributed by atoms with van der Waals surface area (Å²) in [4.78, 5) is 34.9. The quantitative estimate of drug-likeness (QED) is 0.0908. The average molecular weight is 508 g/mol. The van der Waals surface area contributed by atoms with Gasteiger partial charge in [-0.3, -0.25) is 0 Å². The van der Waals surface area contributed by atoms with Crippen molar-refractivity contribution in [3.8, 4) is 0 Å². The van der Waals surface area contributed by atoms with Crippen molar-refractivity contribution >= 4 is 112 Å². The van der Waals surface area contributed by atoms with Crippen molar-refractivity contribution in [1.82, 2.24) is 0 Å². The van der Waals surface area contributed by atoms with Crippen LogP contribution < -0.4 is 0 Å². The van der Waals surface area contributed by atoms with Gasteiger partial charge in [-0.25, -0.2) is 18.2 Å². The molecule has 1 aliphatic carbocycles. The minimum absolute atomic E-state index is 0. The Kier molecular flexibility index (Phi) is 16.1. The maximum atomic E-state index is 11.6. The molecule has 0 saturated heterocycles. The maximum absolute atomic E-state index is 11.6. The van der Waals surface area contributed by atoms with Crippen molar-refractivity contribution in [1.29, 1.82) is 0 Å². The van der Waals surface area contributed by atoms with Crippen molar-refractivity contribution in [2.45, 2.75) is 36.3 Å². The Labute approximate surface area is 223 Å². The number of aliphatic hydroxyl groups is 6. The van der Waals surface area contributed by atoms with Gasteiger partial charge in [0, 0.05) is 0 Å². The molecule has 1 fully saturated rings. The van der Waals surface area contributed by atoms with Gasteiger partial charge in [-0.05, 0) is 0 Å². The molecule has 156 valence electrons. The molecule has 0 spiro atoms. The summed E-state index contributed by atoms with van der Waals surface area (Å²) in [6, 6.07) is 0. The van der Waals surface area contributed by atoms with E-state index in [1.54, 1.807) is 0 Å². The van der Waals surface area contributed by atoms with Crippen molar-refractivity contribution in [3.63, 3.8) is 0 Å². The topological polar surface area (TPSA) is 281 Å². The minimum atomic E-state index is -6.04. The van der Waals surface area contributed by atoms with Gasteiger partial charge in [-0.15, -0.1) is 0 Å². The molecule has 0 aromatic rings. The fraction of sp³-hybridized carbons (Fsp3) is 1.00. The van der Waals surface area contributed by atoms with Gasteiger partial charge in [0.2, 0.25) is 5.79 Å². The van der Waals surface area contributed by atoms with E-state index in [9.17, 15) is 49.2 Å². The predicted octanol–water partition coefficient (Wildman–Crippen LogP) is -6.11. The number of phosphoric ester groups is 1. The van der Waals surface area contributed by atoms with Gasteiger partial charge >= 0.3 is 112 Å². The fourth-order valence-corrected chi connectivity index (χ4v) is 5.05. The van der Waals surface area contributed by atoms with Crippen molar-refractivity contribution in [2.75, 3.05) is 0 Å². The van der Waals surface area contributed by atoms with E-state index in [-0.39, 0.29) is 88.7 Å². The van der Waals surface area contributed by atoms with E-state index in [1.807, 2.05) is 0 Å². The van der Waals surface area contributed by atoms with Crippen LogP contribution in [0, 0.1) is 0 Å². The van der Waals surface area contributed by atoms with E-state index >= 15 is 0 Å². The van der Waals surface area contributed by atoms with Crippen LogP contribution in [-0.4, -0.2) is 175 Å². The third-order valence-electron chi connectivity index (χ3n) is 2.87. The first kappa shape index (κ1) is 35.8. The van der Waals surface area contributed by atoms with Crippen LogP contribution in [0.2, 0.25) is 0 Å². The van der Waals surface area contributed by atoms with Crippen LogP contribution in [-0.2, 0) is 26.8 Å². The molecule has 1 rings (SSSR count). The van der Waals surface area contributed by atoms with Crippen LogP contribution in [0.3, 0.4) is 0 Å². The van der Waals surface area contributed by atoms with Crippen molar-refractivity contribution < 1.29 is 77.1 Å². The van der Waals surface area contributed by atoms with E-state index in [4.69, 9.17) is 14.7 Å². The predicted molar refractivity (Wildman–Crippen MR) is 91.4 cm³/mol. The van der Waals surface area contributed by atoms with Crippen LogP contribution >= 0.6 is 23.5 Å². The number of phosphoric acid groups is 3. The molecule has 0 bridgehead atoms. The summed E-state index contributed by atoms with van der Waals surface area (Å²) in [5.74, 6) is -3.72. The fourth-order valence-electron chi connectivity index (χ4n) is 1.83. The van der Waals surface area contributed by atoms with E-state index in [1.165, 1.54) is 0 Å². The summed E-state index contributed by atoms with van der Waals surface area (Å²) in [7, 11) is -17.7. The number of hydrogen-bond acceptors (Lipinski definition) is 12. The second-order valence-electron chi connectivity index (χ2n) is 4.80. The molecule has 28 heavy (non-hydrogen) atoms. The van der Waals surface area contributed by atoms with Crippen LogP contribution in [0.25, 0.3) is 0 Å². The second kappa shape index (κ2) is 12.6. The summed E-state index contributed by atoms with van der Waals surface area (Å²) in [5, 5.41) is 57.1. The molecule has 0 aromatic heterocycles. The molecule has 22 heteroatoms. The molecule has 10 N–H and O–H groups in total. The van der Waals surface area contributed by atoms with Gasteiger partial charge < -0.3 is 50.2 Å². The van der Waals surface area contributed by atoms with Crippen molar-refractivity contribution in [3.05, 3.63) is 0 Å². The molecular formula is C6H18Na3O16P3. The molecule has 2 unspecified atom stereocenters. The van der Waals surface area contributed by atoms with Gasteiger partial charge in [-0.2, -0.15) is 8.62 Å². The molecule has 0 amide bonds. The van der Waals surface area contributed by atoms with E-state index in [0.29, 0.717) is 0 Å². The standard InChI is InChI=1S/C6H15O16P3.3Na.3H/c7-1-2(8)4(10)6(12,5(11)3(1)9)20-24(16,17)22-25(18,19)21-23(13,14)15;;;;;;/h1-5,7-12H,(H,16,17)(H,18,19)(H2,13,14,15);;;;;;/t1-,2-,3+,4-,5-,6-;;;;;;/m1....../s1. The molecule has 0 aromatic carbocycles. The van der Waals surface area contributed by atoms with Gasteiger partial charge in [0.05, 0.1) is 0 Å². The van der Waals surface area contributed by atoms with E-state index < -0.39 is 59.8 Å². The molecule has 0 radical (unpaired) electrons. The Morgan fingerprint density at radius 2 is 1.00 bits per heavy atom. The molecule has 0 heterocycles. The average Bonchev–Trinajstić information content (AvgIpc) is 2.36. The van der Waals surface area contributed by atoms with E-state index in [2.05, 4.69) is 13.1 Å². The third kappa shape index (κ3) is 9.57. The third-order valence-corrected chi connectivity index (χ3v) is 6.72. The number of hydrogen-bond donors (Lipinski definition) is 10. The zero-order chi connectivity index (χ0) is 20.0. The normalized spacial score (nSPS) is 37.3. The summed E-state index contributed by atoms with van der Waals surface area (Å²) < 4.78 is 43.8. The number of aliphatic hydroxyl groups excluding tert-OH is 5. The second-order valence-corrected chi connectivity index (χ2v) is 9.14. The molecule has 0 aliphatic heterocycles. The molecule has 1 aliphatic rings. The first-order chi connectivity index (χ1) is 10.9. The first-order valence-electron chi connectivity index (χ1n) is 5.89. The summed E-state index contributed by atoms with van der Waals surface area (Å²) in [6.45, 7) is 0. The SMILES string of the molecule is O=P(O)(O)OP(=O)(O)OP(=O)(O)O[C@]1(O)[C@H](O)[C@H](O)[C@@H](O)[C@H](O)[C@H]1O.[NaH].[NaH].[NaH]. The molecular weight excluding hydrogens is 490 g/mol. The number of rotatable bonds is 6. The Bertz CT molecular complexity index is 625. The Hall–Kier alpha value is 3.17. The van der Waals surface area contributed by atoms with Crippen LogP contribution in [0.4, 0.5) is 0 Å². The van der Waals surface area contributed by atoms with Crippen LogP contribution in [0.15, 0.2) is 0 Å². The molecule has 1 saturated carbocycles. The Morgan fingerprint density at radius 3 is 1.32 bits per heavy atom. The summed E-state index contributed by atoms with van der Waals surface area (Å²) in [6.07, 6.45) is -12.6. The van der Waals surface area contributed by atoms with Crippen LogP contribution in [0.1, 0.15) is 0 Å². The van der Waals surface area contributed by atoms with Gasteiger partial charge in [-0.1, -0.05) is 0 Å². The molecule has 8 atom stereocenters. The van der Waals surface area contributed by atoms with Gasteiger partial charge in [0.25, 0.3) is 0 Å². The zero-order valence-electron chi connectivity index (χ0n) is 11.7. The van der Waals surface area contributed by atoms with Crippen molar-refractivity contribution in [2.24, 2.45) is 0 Å².